The number of aromatic nitrogens is 2. The van der Waals surface area contributed by atoms with Crippen molar-refractivity contribution in [3.63, 3.8) is 0 Å². The van der Waals surface area contributed by atoms with Crippen molar-refractivity contribution >= 4 is 11.7 Å². The van der Waals surface area contributed by atoms with Gasteiger partial charge in [0.25, 0.3) is 0 Å². The van der Waals surface area contributed by atoms with Crippen molar-refractivity contribution in [1.29, 1.82) is 0 Å². The molecule has 1 heterocycles. The molecule has 1 aromatic heterocycles. The zero-order chi connectivity index (χ0) is 20.5. The van der Waals surface area contributed by atoms with Gasteiger partial charge in [-0.25, -0.2) is 9.97 Å². The van der Waals surface area contributed by atoms with Crippen molar-refractivity contribution in [1.82, 2.24) is 9.97 Å². The summed E-state index contributed by atoms with van der Waals surface area (Å²) in [5.74, 6) is 1.76. The average molecular weight is 396 g/mol. The number of nitrogens with one attached hydrogen (secondary N) is 1. The summed E-state index contributed by atoms with van der Waals surface area (Å²) in [6, 6.07) is 7.99. The van der Waals surface area contributed by atoms with Crippen molar-refractivity contribution in [2.45, 2.75) is 70.6 Å². The van der Waals surface area contributed by atoms with Gasteiger partial charge in [-0.05, 0) is 36.5 Å². The number of unbranched alkanes of at least 4 members (excludes halogenated alkanes) is 6. The van der Waals surface area contributed by atoms with Crippen molar-refractivity contribution < 1.29 is 9.53 Å². The predicted octanol–water partition coefficient (Wildman–Crippen LogP) is 5.56. The second kappa shape index (κ2) is 10.9. The summed E-state index contributed by atoms with van der Waals surface area (Å²) < 4.78 is 5.23. The fourth-order valence-electron chi connectivity index (χ4n) is 3.92. The third-order valence-corrected chi connectivity index (χ3v) is 5.69. The number of carbonyl (C=O) groups excluding carboxylic acids is 1. The molecular formula is C24H33N3O2. The lowest BCUT2D eigenvalue weighted by molar-refractivity contribution is 0.0962. The molecular weight excluding hydrogens is 362 g/mol. The van der Waals surface area contributed by atoms with Gasteiger partial charge in [0.1, 0.15) is 5.75 Å². The SMILES string of the molecule is CCCCCCCCCNc1ncc2c(n1)C[C@@H](c1ccc(OC)cc1)CC2=O. The first-order valence-electron chi connectivity index (χ1n) is 11.0. The number of carbonyl (C=O) groups is 1. The van der Waals surface area contributed by atoms with Crippen LogP contribution >= 0.6 is 0 Å². The Bertz CT molecular complexity index is 789. The first-order valence-corrected chi connectivity index (χ1v) is 11.0. The highest BCUT2D eigenvalue weighted by Gasteiger charge is 2.28. The van der Waals surface area contributed by atoms with Crippen LogP contribution in [0.3, 0.4) is 0 Å². The van der Waals surface area contributed by atoms with E-state index in [1.807, 2.05) is 24.3 Å². The molecule has 1 aliphatic rings. The van der Waals surface area contributed by atoms with Crippen LogP contribution in [-0.4, -0.2) is 29.4 Å². The molecule has 0 saturated heterocycles. The molecule has 5 heteroatoms. The molecule has 0 unspecified atom stereocenters. The van der Waals surface area contributed by atoms with Gasteiger partial charge in [-0.2, -0.15) is 0 Å². The first-order chi connectivity index (χ1) is 14.2. The Morgan fingerprint density at radius 1 is 1.03 bits per heavy atom. The number of benzene rings is 1. The van der Waals surface area contributed by atoms with E-state index < -0.39 is 0 Å². The van der Waals surface area contributed by atoms with E-state index >= 15 is 0 Å². The summed E-state index contributed by atoms with van der Waals surface area (Å²) in [6.07, 6.45) is 11.9. The molecule has 5 nitrogen and oxygen atoms in total. The average Bonchev–Trinajstić information content (AvgIpc) is 2.75. The van der Waals surface area contributed by atoms with E-state index in [1.165, 1.54) is 38.5 Å². The van der Waals surface area contributed by atoms with Crippen molar-refractivity contribution in [2.75, 3.05) is 19.0 Å². The number of nitrogens with zero attached hydrogens (tertiary/aromatic N) is 2. The summed E-state index contributed by atoms with van der Waals surface area (Å²) in [5.41, 5.74) is 2.69. The number of ether oxygens (including phenoxy) is 1. The van der Waals surface area contributed by atoms with Crippen LogP contribution in [0.4, 0.5) is 5.95 Å². The number of Topliss-reactive ketones (excluding diaryl/α,β-unsaturated/α-hetero) is 1. The molecule has 0 amide bonds. The van der Waals surface area contributed by atoms with Crippen LogP contribution in [0.1, 0.15) is 85.8 Å². The summed E-state index contributed by atoms with van der Waals surface area (Å²) >= 11 is 0. The second-order valence-electron chi connectivity index (χ2n) is 7.90. The molecule has 1 N–H and O–H groups in total. The Kier molecular flexibility index (Phi) is 8.03. The minimum Gasteiger partial charge on any atom is -0.497 e. The Balaban J connectivity index is 1.53. The molecule has 1 aromatic carbocycles. The van der Waals surface area contributed by atoms with Crippen LogP contribution in [0.25, 0.3) is 0 Å². The van der Waals surface area contributed by atoms with Crippen molar-refractivity contribution in [2.24, 2.45) is 0 Å². The fraction of sp³-hybridized carbons (Fsp3) is 0.542. The van der Waals surface area contributed by atoms with E-state index in [1.54, 1.807) is 13.3 Å². The molecule has 3 rings (SSSR count). The molecule has 1 atom stereocenters. The molecule has 2 aromatic rings. The third kappa shape index (κ3) is 6.02. The number of fused-ring (bicyclic) bond motifs is 1. The smallest absolute Gasteiger partial charge is 0.222 e. The Labute approximate surface area is 174 Å². The van der Waals surface area contributed by atoms with Gasteiger partial charge in [0.05, 0.1) is 18.4 Å². The first kappa shape index (κ1) is 21.3. The lowest BCUT2D eigenvalue weighted by Crippen LogP contribution is -2.21. The van der Waals surface area contributed by atoms with Crippen LogP contribution < -0.4 is 10.1 Å². The van der Waals surface area contributed by atoms with E-state index in [4.69, 9.17) is 4.74 Å². The zero-order valence-electron chi connectivity index (χ0n) is 17.7. The fourth-order valence-corrected chi connectivity index (χ4v) is 3.92. The highest BCUT2D eigenvalue weighted by Crippen LogP contribution is 2.32. The number of methoxy groups -OCH3 is 1. The Hall–Kier alpha value is -2.43. The van der Waals surface area contributed by atoms with Crippen LogP contribution in [0.5, 0.6) is 5.75 Å². The molecule has 0 radical (unpaired) electrons. The van der Waals surface area contributed by atoms with Crippen LogP contribution in [-0.2, 0) is 6.42 Å². The van der Waals surface area contributed by atoms with E-state index in [0.717, 1.165) is 36.4 Å². The molecule has 0 fully saturated rings. The normalized spacial score (nSPS) is 15.8. The van der Waals surface area contributed by atoms with Gasteiger partial charge in [0.2, 0.25) is 5.95 Å². The molecule has 0 bridgehead atoms. The quantitative estimate of drug-likeness (QED) is 0.505. The highest BCUT2D eigenvalue weighted by atomic mass is 16.5. The van der Waals surface area contributed by atoms with Crippen molar-refractivity contribution in [3.8, 4) is 5.75 Å². The van der Waals surface area contributed by atoms with Gasteiger partial charge in [-0.3, -0.25) is 4.79 Å². The predicted molar refractivity (Wildman–Crippen MR) is 117 cm³/mol. The van der Waals surface area contributed by atoms with E-state index in [0.29, 0.717) is 17.9 Å². The molecule has 0 saturated carbocycles. The van der Waals surface area contributed by atoms with Gasteiger partial charge in [0.15, 0.2) is 5.78 Å². The monoisotopic (exact) mass is 395 g/mol. The highest BCUT2D eigenvalue weighted by molar-refractivity contribution is 5.98. The van der Waals surface area contributed by atoms with Gasteiger partial charge >= 0.3 is 0 Å². The van der Waals surface area contributed by atoms with Crippen LogP contribution in [0, 0.1) is 0 Å². The van der Waals surface area contributed by atoms with Gasteiger partial charge in [0, 0.05) is 19.2 Å². The summed E-state index contributed by atoms with van der Waals surface area (Å²) in [5, 5.41) is 3.33. The summed E-state index contributed by atoms with van der Waals surface area (Å²) in [4.78, 5) is 21.6. The topological polar surface area (TPSA) is 64.1 Å². The zero-order valence-corrected chi connectivity index (χ0v) is 17.7. The molecule has 156 valence electrons. The standard InChI is InChI=1S/C24H33N3O2/c1-3-4-5-6-7-8-9-14-25-24-26-17-21-22(27-24)15-19(16-23(21)28)18-10-12-20(29-2)13-11-18/h10-13,17,19H,3-9,14-16H2,1-2H3,(H,25,26,27)/t19-/m1/s1. The Morgan fingerprint density at radius 2 is 1.76 bits per heavy atom. The molecule has 1 aliphatic carbocycles. The lowest BCUT2D eigenvalue weighted by atomic mass is 9.82. The van der Waals surface area contributed by atoms with E-state index in [-0.39, 0.29) is 11.7 Å². The molecule has 0 spiro atoms. The van der Waals surface area contributed by atoms with Crippen LogP contribution in [0.2, 0.25) is 0 Å². The number of hydrogen-bond acceptors (Lipinski definition) is 5. The van der Waals surface area contributed by atoms with Crippen LogP contribution in [0.15, 0.2) is 30.5 Å². The van der Waals surface area contributed by atoms with Gasteiger partial charge in [-0.1, -0.05) is 57.6 Å². The largest absolute Gasteiger partial charge is 0.497 e. The number of ketones is 1. The number of rotatable bonds is 11. The van der Waals surface area contributed by atoms with E-state index in [2.05, 4.69) is 22.2 Å². The van der Waals surface area contributed by atoms with E-state index in [9.17, 15) is 4.79 Å². The summed E-state index contributed by atoms with van der Waals surface area (Å²) in [7, 11) is 1.66. The maximum Gasteiger partial charge on any atom is 0.222 e. The minimum atomic E-state index is 0.130. The van der Waals surface area contributed by atoms with Gasteiger partial charge < -0.3 is 10.1 Å². The second-order valence-corrected chi connectivity index (χ2v) is 7.90. The third-order valence-electron chi connectivity index (χ3n) is 5.69. The maximum absolute atomic E-state index is 12.6. The number of anilines is 1. The number of hydrogen-bond donors (Lipinski definition) is 1. The lowest BCUT2D eigenvalue weighted by Gasteiger charge is -2.23. The minimum absolute atomic E-state index is 0.130. The van der Waals surface area contributed by atoms with Gasteiger partial charge in [-0.15, -0.1) is 0 Å². The maximum atomic E-state index is 12.6. The Morgan fingerprint density at radius 3 is 2.48 bits per heavy atom. The molecule has 29 heavy (non-hydrogen) atoms. The van der Waals surface area contributed by atoms with Crippen molar-refractivity contribution in [3.05, 3.63) is 47.3 Å². The summed E-state index contributed by atoms with van der Waals surface area (Å²) in [6.45, 7) is 3.12. The molecule has 0 aliphatic heterocycles.